The van der Waals surface area contributed by atoms with Crippen LogP contribution in [0.1, 0.15) is 162 Å². The van der Waals surface area contributed by atoms with Crippen LogP contribution in [0.3, 0.4) is 0 Å². The van der Waals surface area contributed by atoms with Crippen molar-refractivity contribution in [3.63, 3.8) is 0 Å². The Morgan fingerprint density at radius 2 is 0.667 bits per heavy atom. The smallest absolute Gasteiger partial charge is 0.0777 e. The fraction of sp³-hybridized carbons (Fsp3) is 0.971. The molecular weight excluding hydrogens is 504 g/mol. The van der Waals surface area contributed by atoms with Gasteiger partial charge in [0.15, 0.2) is 0 Å². The number of nitrogens with zero attached hydrogens (tertiary/aromatic N) is 2. The van der Waals surface area contributed by atoms with Gasteiger partial charge in [-0.05, 0) is 25.7 Å². The number of carboxylic acids is 1. The van der Waals surface area contributed by atoms with Gasteiger partial charge in [0.05, 0.1) is 55.4 Å². The fourth-order valence-corrected chi connectivity index (χ4v) is 4.69. The van der Waals surface area contributed by atoms with Gasteiger partial charge >= 0.3 is 0 Å². The van der Waals surface area contributed by atoms with Crippen molar-refractivity contribution in [3.8, 4) is 0 Å². The van der Waals surface area contributed by atoms with Gasteiger partial charge in [-0.2, -0.15) is 0 Å². The Hall–Kier alpha value is -0.320. The van der Waals surface area contributed by atoms with E-state index in [0.717, 1.165) is 21.8 Å². The van der Waals surface area contributed by atoms with Gasteiger partial charge in [0, 0.05) is 5.97 Å². The highest BCUT2D eigenvalue weighted by Crippen LogP contribution is 2.14. The van der Waals surface area contributed by atoms with Crippen molar-refractivity contribution >= 4 is 5.97 Å². The Bertz CT molecular complexity index is 443. The summed E-state index contributed by atoms with van der Waals surface area (Å²) >= 11 is 0. The molecule has 0 atom stereocenters. The molecule has 0 aliphatic heterocycles. The molecule has 0 N–H and O–H groups in total. The van der Waals surface area contributed by atoms with Crippen LogP contribution in [0, 0.1) is 0 Å². The zero-order valence-corrected chi connectivity index (χ0v) is 29.3. The molecule has 0 rings (SSSR count). The van der Waals surface area contributed by atoms with Gasteiger partial charge in [0.2, 0.25) is 0 Å². The van der Waals surface area contributed by atoms with Gasteiger partial charge in [-0.15, -0.1) is 0 Å². The molecule has 0 aromatic heterocycles. The van der Waals surface area contributed by atoms with E-state index >= 15 is 0 Å². The highest BCUT2D eigenvalue weighted by atomic mass is 35.5. The zero-order valence-electron chi connectivity index (χ0n) is 28.6. The molecule has 4 nitrogen and oxygen atoms in total. The van der Waals surface area contributed by atoms with Crippen LogP contribution < -0.4 is 17.5 Å². The predicted octanol–water partition coefficient (Wildman–Crippen LogP) is 5.77. The molecule has 0 fully saturated rings. The number of hydrogen-bond donors (Lipinski definition) is 0. The summed E-state index contributed by atoms with van der Waals surface area (Å²) in [6, 6.07) is 0. The topological polar surface area (TPSA) is 40.1 Å². The predicted molar refractivity (Wildman–Crippen MR) is 169 cm³/mol. The minimum atomic E-state index is -0.901. The third-order valence-electron chi connectivity index (χ3n) is 6.77. The SMILES string of the molecule is CCCCCCCCCCCCCCCCCCCCCC(=O)[O-].CCC[N+](C)(C)C.CCC[N+](C)(C)C.[Cl-]. The van der Waals surface area contributed by atoms with Crippen LogP contribution in [0.25, 0.3) is 0 Å². The minimum Gasteiger partial charge on any atom is -1.00 e. The van der Waals surface area contributed by atoms with E-state index in [9.17, 15) is 9.90 Å². The summed E-state index contributed by atoms with van der Waals surface area (Å²) < 4.78 is 2.19. The van der Waals surface area contributed by atoms with Crippen LogP contribution >= 0.6 is 0 Å². The molecule has 39 heavy (non-hydrogen) atoms. The van der Waals surface area contributed by atoms with Crippen molar-refractivity contribution in [1.82, 2.24) is 0 Å². The number of rotatable bonds is 24. The highest BCUT2D eigenvalue weighted by molar-refractivity contribution is 5.64. The maximum absolute atomic E-state index is 10.3. The van der Waals surface area contributed by atoms with Gasteiger partial charge in [0.25, 0.3) is 0 Å². The Labute approximate surface area is 254 Å². The van der Waals surface area contributed by atoms with Crippen LogP contribution in [0.4, 0.5) is 0 Å². The molecule has 0 unspecified atom stereocenters. The van der Waals surface area contributed by atoms with Crippen LogP contribution in [-0.4, -0.2) is 70.3 Å². The molecule has 0 heterocycles. The lowest BCUT2D eigenvalue weighted by Crippen LogP contribution is -3.00. The van der Waals surface area contributed by atoms with E-state index in [1.807, 2.05) is 0 Å². The third-order valence-corrected chi connectivity index (χ3v) is 6.77. The molecule has 0 spiro atoms. The van der Waals surface area contributed by atoms with E-state index in [0.29, 0.717) is 0 Å². The normalized spacial score (nSPS) is 11.1. The minimum absolute atomic E-state index is 0. The number of carbonyl (C=O) groups excluding carboxylic acids is 1. The number of carbonyl (C=O) groups is 1. The molecular formula is C34H75ClN2O2. The Kier molecular flexibility index (Phi) is 39.7. The van der Waals surface area contributed by atoms with Crippen molar-refractivity contribution in [2.75, 3.05) is 55.4 Å². The first-order valence-corrected chi connectivity index (χ1v) is 16.7. The summed E-state index contributed by atoms with van der Waals surface area (Å²) in [4.78, 5) is 10.3. The van der Waals surface area contributed by atoms with Crippen molar-refractivity contribution < 1.29 is 31.3 Å². The molecule has 240 valence electrons. The maximum Gasteiger partial charge on any atom is 0.0777 e. The Morgan fingerprint density at radius 1 is 0.436 bits per heavy atom. The average molecular weight is 579 g/mol. The maximum atomic E-state index is 10.3. The van der Waals surface area contributed by atoms with Crippen LogP contribution in [0.15, 0.2) is 0 Å². The number of halogens is 1. The molecule has 0 aromatic rings. The lowest BCUT2D eigenvalue weighted by Gasteiger charge is -2.22. The second kappa shape index (κ2) is 33.9. The van der Waals surface area contributed by atoms with Crippen LogP contribution in [0.5, 0.6) is 0 Å². The molecule has 0 saturated heterocycles. The Morgan fingerprint density at radius 3 is 0.821 bits per heavy atom. The van der Waals surface area contributed by atoms with Gasteiger partial charge in [-0.1, -0.05) is 136 Å². The summed E-state index contributed by atoms with van der Waals surface area (Å²) in [7, 11) is 13.3. The first kappa shape index (κ1) is 45.7. The van der Waals surface area contributed by atoms with Crippen molar-refractivity contribution in [1.29, 1.82) is 0 Å². The molecule has 5 heteroatoms. The molecule has 0 aliphatic carbocycles. The second-order valence-electron chi connectivity index (χ2n) is 13.5. The first-order valence-electron chi connectivity index (χ1n) is 16.7. The van der Waals surface area contributed by atoms with E-state index in [1.165, 1.54) is 135 Å². The second-order valence-corrected chi connectivity index (χ2v) is 13.5. The van der Waals surface area contributed by atoms with E-state index < -0.39 is 5.97 Å². The summed E-state index contributed by atoms with van der Waals surface area (Å²) in [5, 5.41) is 10.3. The van der Waals surface area contributed by atoms with E-state index in [2.05, 4.69) is 63.1 Å². The molecule has 0 radical (unpaired) electrons. The third kappa shape index (κ3) is 58.3. The lowest BCUT2D eigenvalue weighted by molar-refractivity contribution is -0.870. The number of carboxylic acid groups (broad SMARTS) is 1. The van der Waals surface area contributed by atoms with Gasteiger partial charge in [-0.25, -0.2) is 0 Å². The van der Waals surface area contributed by atoms with Gasteiger partial charge < -0.3 is 31.3 Å². The first-order chi connectivity index (χ1) is 17.9. The quantitative estimate of drug-likeness (QED) is 0.108. The number of quaternary nitrogens is 2. The fourth-order valence-electron chi connectivity index (χ4n) is 4.69. The molecule has 0 amide bonds. The molecule has 0 aliphatic rings. The van der Waals surface area contributed by atoms with Crippen LogP contribution in [-0.2, 0) is 4.79 Å². The zero-order chi connectivity index (χ0) is 29.5. The largest absolute Gasteiger partial charge is 1.00 e. The summed E-state index contributed by atoms with van der Waals surface area (Å²) in [5.74, 6) is -0.901. The molecule has 0 saturated carbocycles. The van der Waals surface area contributed by atoms with Crippen LogP contribution in [0.2, 0.25) is 0 Å². The van der Waals surface area contributed by atoms with E-state index in [4.69, 9.17) is 0 Å². The number of aliphatic carboxylic acids is 1. The monoisotopic (exact) mass is 579 g/mol. The van der Waals surface area contributed by atoms with Crippen molar-refractivity contribution in [2.45, 2.75) is 162 Å². The van der Waals surface area contributed by atoms with Crippen molar-refractivity contribution in [2.24, 2.45) is 0 Å². The van der Waals surface area contributed by atoms with Gasteiger partial charge in [-0.3, -0.25) is 0 Å². The number of hydrogen-bond acceptors (Lipinski definition) is 2. The number of unbranched alkanes of at least 4 members (excludes halogenated alkanes) is 18. The summed E-state index contributed by atoms with van der Waals surface area (Å²) in [6.07, 6.45) is 28.3. The lowest BCUT2D eigenvalue weighted by atomic mass is 10.0. The average Bonchev–Trinajstić information content (AvgIpc) is 2.79. The highest BCUT2D eigenvalue weighted by Gasteiger charge is 2.02. The molecule has 0 aromatic carbocycles. The van der Waals surface area contributed by atoms with E-state index in [1.54, 1.807) is 0 Å². The Balaban J connectivity index is -0.000000334. The molecule has 0 bridgehead atoms. The van der Waals surface area contributed by atoms with Gasteiger partial charge in [0.1, 0.15) is 0 Å². The standard InChI is InChI=1S/C22H44O2.2C6H16N.ClH/c1-2-3-4-5-6-7-8-9-10-11-12-13-14-15-16-17-18-19-20-21-22(23)24;2*1-5-6-7(2,3)4;/h2-21H2,1H3,(H,23,24);2*5-6H2,1-4H3;1H/q;2*+1;/p-2. The van der Waals surface area contributed by atoms with E-state index in [-0.39, 0.29) is 18.8 Å². The summed E-state index contributed by atoms with van der Waals surface area (Å²) in [5.41, 5.74) is 0. The summed E-state index contributed by atoms with van der Waals surface area (Å²) in [6.45, 7) is 9.26. The van der Waals surface area contributed by atoms with Crippen molar-refractivity contribution in [3.05, 3.63) is 0 Å².